The summed E-state index contributed by atoms with van der Waals surface area (Å²) in [5, 5.41) is 2.82. The second kappa shape index (κ2) is 8.18. The van der Waals surface area contributed by atoms with Crippen LogP contribution in [-0.2, 0) is 4.74 Å². The molecule has 0 aliphatic carbocycles. The third kappa shape index (κ3) is 3.63. The summed E-state index contributed by atoms with van der Waals surface area (Å²) in [5.74, 6) is -0.702. The van der Waals surface area contributed by atoms with Gasteiger partial charge in [-0.1, -0.05) is 6.07 Å². The van der Waals surface area contributed by atoms with Crippen LogP contribution in [-0.4, -0.2) is 49.0 Å². The molecule has 1 fully saturated rings. The highest BCUT2D eigenvalue weighted by molar-refractivity contribution is 6.08. The Morgan fingerprint density at radius 2 is 1.97 bits per heavy atom. The van der Waals surface area contributed by atoms with Crippen molar-refractivity contribution in [1.82, 2.24) is 4.90 Å². The van der Waals surface area contributed by atoms with Crippen LogP contribution in [0.5, 0.6) is 0 Å². The van der Waals surface area contributed by atoms with E-state index in [0.717, 1.165) is 31.5 Å². The number of hydrogen-bond acceptors (Lipinski definition) is 5. The van der Waals surface area contributed by atoms with Gasteiger partial charge in [-0.05, 0) is 62.6 Å². The molecule has 0 radical (unpaired) electrons. The van der Waals surface area contributed by atoms with E-state index in [9.17, 15) is 14.4 Å². The van der Waals surface area contributed by atoms with E-state index < -0.39 is 5.97 Å². The minimum Gasteiger partial charge on any atom is -0.462 e. The highest BCUT2D eigenvalue weighted by Gasteiger charge is 2.37. The zero-order valence-electron chi connectivity index (χ0n) is 17.2. The van der Waals surface area contributed by atoms with Gasteiger partial charge in [-0.15, -0.1) is 0 Å². The van der Waals surface area contributed by atoms with Crippen LogP contribution in [0.25, 0.3) is 0 Å². The van der Waals surface area contributed by atoms with Gasteiger partial charge in [0.15, 0.2) is 0 Å². The van der Waals surface area contributed by atoms with Gasteiger partial charge in [-0.2, -0.15) is 0 Å². The van der Waals surface area contributed by atoms with E-state index in [2.05, 4.69) is 10.2 Å². The minimum absolute atomic E-state index is 0.0295. The molecule has 2 amide bonds. The van der Waals surface area contributed by atoms with Crippen LogP contribution in [0, 0.1) is 0 Å². The molecule has 0 bridgehead atoms. The zero-order chi connectivity index (χ0) is 21.3. The van der Waals surface area contributed by atoms with E-state index in [1.54, 1.807) is 49.4 Å². The van der Waals surface area contributed by atoms with Gasteiger partial charge < -0.3 is 19.9 Å². The normalized spacial score (nSPS) is 17.8. The topological polar surface area (TPSA) is 79.0 Å². The Bertz CT molecular complexity index is 1000. The number of hydrogen-bond donors (Lipinski definition) is 1. The molecule has 2 aliphatic rings. The first-order valence-electron chi connectivity index (χ1n) is 10.3. The fourth-order valence-electron chi connectivity index (χ4n) is 4.16. The summed E-state index contributed by atoms with van der Waals surface area (Å²) in [6.45, 7) is 2.80. The Balaban J connectivity index is 1.57. The highest BCUT2D eigenvalue weighted by atomic mass is 16.5. The summed E-state index contributed by atoms with van der Waals surface area (Å²) in [7, 11) is 1.97. The van der Waals surface area contributed by atoms with Crippen LogP contribution < -0.4 is 10.2 Å². The van der Waals surface area contributed by atoms with Gasteiger partial charge in [-0.3, -0.25) is 9.59 Å². The Kier molecular flexibility index (Phi) is 5.44. The molecular weight excluding hydrogens is 382 g/mol. The minimum atomic E-state index is -0.431. The summed E-state index contributed by atoms with van der Waals surface area (Å²) >= 11 is 0. The van der Waals surface area contributed by atoms with E-state index in [1.807, 2.05) is 11.9 Å². The summed E-state index contributed by atoms with van der Waals surface area (Å²) < 4.78 is 5.01. The summed E-state index contributed by atoms with van der Waals surface area (Å²) in [4.78, 5) is 41.6. The Morgan fingerprint density at radius 1 is 1.13 bits per heavy atom. The molecule has 0 unspecified atom stereocenters. The van der Waals surface area contributed by atoms with Crippen LogP contribution in [0.1, 0.15) is 57.3 Å². The molecule has 156 valence electrons. The maximum absolute atomic E-state index is 12.9. The number of carbonyl (C=O) groups excluding carboxylic acids is 3. The summed E-state index contributed by atoms with van der Waals surface area (Å²) in [6, 6.07) is 11.8. The van der Waals surface area contributed by atoms with Crippen molar-refractivity contribution in [2.45, 2.75) is 32.4 Å². The SMILES string of the molecule is CCOC(=O)c1cccc(NC(=O)c2ccc3c(c2)N(C)[C@H]2CCCCN2C3=O)c1. The molecule has 0 aromatic heterocycles. The second-order valence-corrected chi connectivity index (χ2v) is 7.57. The summed E-state index contributed by atoms with van der Waals surface area (Å²) in [6.07, 6.45) is 3.08. The number of ether oxygens (including phenoxy) is 1. The number of fused-ring (bicyclic) bond motifs is 2. The molecule has 1 atom stereocenters. The predicted molar refractivity (Wildman–Crippen MR) is 114 cm³/mol. The third-order valence-electron chi connectivity index (χ3n) is 5.68. The first-order valence-corrected chi connectivity index (χ1v) is 10.3. The number of esters is 1. The number of nitrogens with zero attached hydrogens (tertiary/aromatic N) is 2. The van der Waals surface area contributed by atoms with Gasteiger partial charge >= 0.3 is 5.97 Å². The van der Waals surface area contributed by atoms with Gasteiger partial charge in [0.2, 0.25) is 0 Å². The van der Waals surface area contributed by atoms with Crippen molar-refractivity contribution in [2.75, 3.05) is 30.4 Å². The van der Waals surface area contributed by atoms with Gasteiger partial charge in [0, 0.05) is 24.8 Å². The first kappa shape index (κ1) is 19.9. The number of piperidine rings is 1. The number of rotatable bonds is 4. The molecule has 7 heteroatoms. The molecule has 1 N–H and O–H groups in total. The van der Waals surface area contributed by atoms with Crippen molar-refractivity contribution < 1.29 is 19.1 Å². The van der Waals surface area contributed by atoms with Crippen LogP contribution in [0.3, 0.4) is 0 Å². The molecule has 1 saturated heterocycles. The lowest BCUT2D eigenvalue weighted by Crippen LogP contribution is -2.55. The van der Waals surface area contributed by atoms with Crippen LogP contribution in [0.15, 0.2) is 42.5 Å². The molecule has 2 heterocycles. The lowest BCUT2D eigenvalue weighted by molar-refractivity contribution is 0.0525. The average Bonchev–Trinajstić information content (AvgIpc) is 2.77. The number of anilines is 2. The quantitative estimate of drug-likeness (QED) is 0.785. The van der Waals surface area contributed by atoms with Crippen molar-refractivity contribution >= 4 is 29.2 Å². The molecule has 0 spiro atoms. The van der Waals surface area contributed by atoms with Crippen LogP contribution in [0.2, 0.25) is 0 Å². The van der Waals surface area contributed by atoms with Gasteiger partial charge in [0.05, 0.1) is 23.4 Å². The lowest BCUT2D eigenvalue weighted by Gasteiger charge is -2.46. The van der Waals surface area contributed by atoms with E-state index in [4.69, 9.17) is 4.74 Å². The van der Waals surface area contributed by atoms with Gasteiger partial charge in [0.25, 0.3) is 11.8 Å². The molecule has 4 rings (SSSR count). The Labute approximate surface area is 175 Å². The van der Waals surface area contributed by atoms with Crippen molar-refractivity contribution in [3.63, 3.8) is 0 Å². The maximum Gasteiger partial charge on any atom is 0.338 e. The van der Waals surface area contributed by atoms with Crippen molar-refractivity contribution in [2.24, 2.45) is 0 Å². The van der Waals surface area contributed by atoms with Crippen molar-refractivity contribution in [1.29, 1.82) is 0 Å². The number of nitrogens with one attached hydrogen (secondary N) is 1. The van der Waals surface area contributed by atoms with E-state index in [1.165, 1.54) is 0 Å². The van der Waals surface area contributed by atoms with E-state index in [-0.39, 0.29) is 24.6 Å². The molecule has 30 heavy (non-hydrogen) atoms. The highest BCUT2D eigenvalue weighted by Crippen LogP contribution is 2.35. The predicted octanol–water partition coefficient (Wildman–Crippen LogP) is 3.52. The largest absolute Gasteiger partial charge is 0.462 e. The number of amides is 2. The Morgan fingerprint density at radius 3 is 2.77 bits per heavy atom. The first-order chi connectivity index (χ1) is 14.5. The number of carbonyl (C=O) groups is 3. The third-order valence-corrected chi connectivity index (χ3v) is 5.68. The zero-order valence-corrected chi connectivity index (χ0v) is 17.2. The monoisotopic (exact) mass is 407 g/mol. The lowest BCUT2D eigenvalue weighted by atomic mass is 9.97. The maximum atomic E-state index is 12.9. The van der Waals surface area contributed by atoms with Crippen LogP contribution in [0.4, 0.5) is 11.4 Å². The van der Waals surface area contributed by atoms with Gasteiger partial charge in [0.1, 0.15) is 6.17 Å². The molecule has 0 saturated carbocycles. The Hall–Kier alpha value is -3.35. The fourth-order valence-corrected chi connectivity index (χ4v) is 4.16. The molecule has 2 aromatic carbocycles. The van der Waals surface area contributed by atoms with Crippen LogP contribution >= 0.6 is 0 Å². The van der Waals surface area contributed by atoms with Gasteiger partial charge in [-0.25, -0.2) is 4.79 Å². The smallest absolute Gasteiger partial charge is 0.338 e. The average molecular weight is 407 g/mol. The molecule has 7 nitrogen and oxygen atoms in total. The van der Waals surface area contributed by atoms with E-state index >= 15 is 0 Å². The van der Waals surface area contributed by atoms with Crippen molar-refractivity contribution in [3.05, 3.63) is 59.2 Å². The molecule has 2 aromatic rings. The summed E-state index contributed by atoms with van der Waals surface area (Å²) in [5.41, 5.74) is 2.74. The standard InChI is InChI=1S/C23H25N3O4/c1-3-30-23(29)16-7-6-8-17(13-16)24-21(27)15-10-11-18-19(14-15)25(2)20-9-4-5-12-26(20)22(18)28/h6-8,10-11,13-14,20H,3-5,9,12H2,1-2H3,(H,24,27)/t20-/m1/s1. The molecule has 2 aliphatic heterocycles. The molecular formula is C23H25N3O4. The van der Waals surface area contributed by atoms with E-state index in [0.29, 0.717) is 22.4 Å². The van der Waals surface area contributed by atoms with Crippen molar-refractivity contribution in [3.8, 4) is 0 Å². The second-order valence-electron chi connectivity index (χ2n) is 7.57. The fraction of sp³-hybridized carbons (Fsp3) is 0.348. The number of benzene rings is 2.